The standard InChI is InChI=1S/C21H25ClN4/c1-16-4-3-5-19-20(16)23-21(25-14-12-24(2)13-15-25)26(19)11-10-17-6-8-18(22)9-7-17/h3-9H,10-15H2,1-2H3. The van der Waals surface area contributed by atoms with E-state index in [1.807, 2.05) is 12.1 Å². The first kappa shape index (κ1) is 17.4. The number of fused-ring (bicyclic) bond motifs is 1. The van der Waals surface area contributed by atoms with Crippen molar-refractivity contribution in [1.82, 2.24) is 14.5 Å². The van der Waals surface area contributed by atoms with Gasteiger partial charge in [-0.25, -0.2) is 4.98 Å². The molecule has 1 aromatic heterocycles. The van der Waals surface area contributed by atoms with Gasteiger partial charge in [0.2, 0.25) is 5.95 Å². The minimum Gasteiger partial charge on any atom is -0.340 e. The largest absolute Gasteiger partial charge is 0.340 e. The van der Waals surface area contributed by atoms with E-state index < -0.39 is 0 Å². The quantitative estimate of drug-likeness (QED) is 0.695. The van der Waals surface area contributed by atoms with Crippen molar-refractivity contribution in [3.05, 3.63) is 58.6 Å². The number of halogens is 1. The van der Waals surface area contributed by atoms with Gasteiger partial charge in [-0.1, -0.05) is 35.9 Å². The maximum atomic E-state index is 6.02. The van der Waals surface area contributed by atoms with Crippen molar-refractivity contribution in [1.29, 1.82) is 0 Å². The number of piperazine rings is 1. The Hall–Kier alpha value is -2.04. The van der Waals surface area contributed by atoms with Crippen LogP contribution in [0.25, 0.3) is 11.0 Å². The molecule has 0 amide bonds. The summed E-state index contributed by atoms with van der Waals surface area (Å²) in [6.45, 7) is 7.29. The minimum atomic E-state index is 0.788. The fourth-order valence-electron chi connectivity index (χ4n) is 3.64. The molecule has 4 rings (SSSR count). The monoisotopic (exact) mass is 368 g/mol. The van der Waals surface area contributed by atoms with Crippen LogP contribution in [0.4, 0.5) is 5.95 Å². The molecule has 0 N–H and O–H groups in total. The highest BCUT2D eigenvalue weighted by atomic mass is 35.5. The molecule has 3 aromatic rings. The van der Waals surface area contributed by atoms with Crippen LogP contribution < -0.4 is 4.90 Å². The highest BCUT2D eigenvalue weighted by Gasteiger charge is 2.21. The molecule has 26 heavy (non-hydrogen) atoms. The maximum Gasteiger partial charge on any atom is 0.206 e. The summed E-state index contributed by atoms with van der Waals surface area (Å²) in [7, 11) is 2.19. The number of anilines is 1. The van der Waals surface area contributed by atoms with Crippen LogP contribution in [0.1, 0.15) is 11.1 Å². The predicted molar refractivity (Wildman–Crippen MR) is 109 cm³/mol. The van der Waals surface area contributed by atoms with E-state index in [1.54, 1.807) is 0 Å². The molecule has 4 nitrogen and oxygen atoms in total. The van der Waals surface area contributed by atoms with Gasteiger partial charge < -0.3 is 14.4 Å². The number of benzene rings is 2. The molecule has 136 valence electrons. The molecule has 2 aromatic carbocycles. The molecule has 5 heteroatoms. The van der Waals surface area contributed by atoms with Gasteiger partial charge in [-0.15, -0.1) is 0 Å². The van der Waals surface area contributed by atoms with Crippen LogP contribution in [-0.2, 0) is 13.0 Å². The zero-order chi connectivity index (χ0) is 18.1. The third kappa shape index (κ3) is 3.44. The van der Waals surface area contributed by atoms with Gasteiger partial charge in [0.1, 0.15) is 0 Å². The first-order chi connectivity index (χ1) is 12.6. The number of hydrogen-bond acceptors (Lipinski definition) is 3. The van der Waals surface area contributed by atoms with Crippen molar-refractivity contribution < 1.29 is 0 Å². The van der Waals surface area contributed by atoms with Crippen LogP contribution >= 0.6 is 11.6 Å². The number of rotatable bonds is 4. The Bertz CT molecular complexity index is 892. The minimum absolute atomic E-state index is 0.788. The predicted octanol–water partition coefficient (Wildman–Crippen LogP) is 3.99. The lowest BCUT2D eigenvalue weighted by molar-refractivity contribution is 0.310. The Morgan fingerprint density at radius 2 is 1.73 bits per heavy atom. The molecule has 0 saturated carbocycles. The fourth-order valence-corrected chi connectivity index (χ4v) is 3.76. The number of aryl methyl sites for hydroxylation is 3. The van der Waals surface area contributed by atoms with E-state index in [2.05, 4.69) is 58.7 Å². The Kier molecular flexibility index (Phi) is 4.88. The van der Waals surface area contributed by atoms with E-state index in [0.29, 0.717) is 0 Å². The zero-order valence-corrected chi connectivity index (χ0v) is 16.2. The highest BCUT2D eigenvalue weighted by molar-refractivity contribution is 6.30. The number of nitrogens with zero attached hydrogens (tertiary/aromatic N) is 4. The molecule has 1 aliphatic heterocycles. The summed E-state index contributed by atoms with van der Waals surface area (Å²) in [4.78, 5) is 9.85. The molecular formula is C21H25ClN4. The van der Waals surface area contributed by atoms with E-state index in [1.165, 1.54) is 16.6 Å². The lowest BCUT2D eigenvalue weighted by atomic mass is 10.1. The van der Waals surface area contributed by atoms with E-state index in [9.17, 15) is 0 Å². The molecule has 0 aliphatic carbocycles. The van der Waals surface area contributed by atoms with Crippen molar-refractivity contribution in [2.45, 2.75) is 19.9 Å². The van der Waals surface area contributed by atoms with Crippen LogP contribution in [0.3, 0.4) is 0 Å². The zero-order valence-electron chi connectivity index (χ0n) is 15.5. The molecule has 0 bridgehead atoms. The molecule has 1 saturated heterocycles. The van der Waals surface area contributed by atoms with Crippen molar-refractivity contribution in [2.75, 3.05) is 38.1 Å². The first-order valence-electron chi connectivity index (χ1n) is 9.25. The summed E-state index contributed by atoms with van der Waals surface area (Å²) in [5.41, 5.74) is 4.89. The first-order valence-corrected chi connectivity index (χ1v) is 9.63. The second-order valence-electron chi connectivity index (χ2n) is 7.17. The summed E-state index contributed by atoms with van der Waals surface area (Å²) in [6, 6.07) is 14.6. The number of aromatic nitrogens is 2. The van der Waals surface area contributed by atoms with Gasteiger partial charge in [-0.2, -0.15) is 0 Å². The van der Waals surface area contributed by atoms with E-state index in [4.69, 9.17) is 16.6 Å². The molecule has 2 heterocycles. The topological polar surface area (TPSA) is 24.3 Å². The SMILES string of the molecule is Cc1cccc2c1nc(N1CCN(C)CC1)n2CCc1ccc(Cl)cc1. The Morgan fingerprint density at radius 3 is 2.46 bits per heavy atom. The van der Waals surface area contributed by atoms with Crippen LogP contribution in [0.5, 0.6) is 0 Å². The van der Waals surface area contributed by atoms with Crippen molar-refractivity contribution in [2.24, 2.45) is 0 Å². The lowest BCUT2D eigenvalue weighted by Crippen LogP contribution is -2.45. The van der Waals surface area contributed by atoms with Gasteiger partial charge in [-0.3, -0.25) is 0 Å². The summed E-state index contributed by atoms with van der Waals surface area (Å²) >= 11 is 6.02. The van der Waals surface area contributed by atoms with Gasteiger partial charge in [-0.05, 0) is 49.7 Å². The average molecular weight is 369 g/mol. The van der Waals surface area contributed by atoms with Crippen LogP contribution in [0.2, 0.25) is 5.02 Å². The smallest absolute Gasteiger partial charge is 0.206 e. The van der Waals surface area contributed by atoms with Crippen LogP contribution in [0.15, 0.2) is 42.5 Å². The van der Waals surface area contributed by atoms with Crippen LogP contribution in [-0.4, -0.2) is 47.7 Å². The van der Waals surface area contributed by atoms with E-state index in [-0.39, 0.29) is 0 Å². The van der Waals surface area contributed by atoms with Gasteiger partial charge in [0.25, 0.3) is 0 Å². The maximum absolute atomic E-state index is 6.02. The van der Waals surface area contributed by atoms with Gasteiger partial charge in [0, 0.05) is 37.7 Å². The number of likely N-dealkylation sites (N-methyl/N-ethyl adjacent to an activating group) is 1. The number of imidazole rings is 1. The Balaban J connectivity index is 1.67. The lowest BCUT2D eigenvalue weighted by Gasteiger charge is -2.33. The van der Waals surface area contributed by atoms with Gasteiger partial charge >= 0.3 is 0 Å². The van der Waals surface area contributed by atoms with Crippen molar-refractivity contribution >= 4 is 28.6 Å². The Morgan fingerprint density at radius 1 is 1.00 bits per heavy atom. The third-order valence-corrected chi connectivity index (χ3v) is 5.54. The van der Waals surface area contributed by atoms with Gasteiger partial charge in [0.05, 0.1) is 11.0 Å². The molecule has 0 spiro atoms. The molecule has 0 atom stereocenters. The average Bonchev–Trinajstić information content (AvgIpc) is 3.02. The summed E-state index contributed by atoms with van der Waals surface area (Å²) in [6.07, 6.45) is 0.970. The highest BCUT2D eigenvalue weighted by Crippen LogP contribution is 2.26. The number of hydrogen-bond donors (Lipinski definition) is 0. The van der Waals surface area contributed by atoms with E-state index in [0.717, 1.165) is 55.6 Å². The molecular weight excluding hydrogens is 344 g/mol. The number of para-hydroxylation sites is 1. The van der Waals surface area contributed by atoms with Gasteiger partial charge in [0.15, 0.2) is 0 Å². The van der Waals surface area contributed by atoms with Crippen LogP contribution in [0, 0.1) is 6.92 Å². The second kappa shape index (κ2) is 7.29. The molecule has 0 unspecified atom stereocenters. The normalized spacial score (nSPS) is 15.7. The molecule has 0 radical (unpaired) electrons. The summed E-state index contributed by atoms with van der Waals surface area (Å²) < 4.78 is 2.39. The molecule has 1 fully saturated rings. The summed E-state index contributed by atoms with van der Waals surface area (Å²) in [5, 5.41) is 0.788. The Labute approximate surface area is 160 Å². The molecule has 1 aliphatic rings. The van der Waals surface area contributed by atoms with E-state index >= 15 is 0 Å². The summed E-state index contributed by atoms with van der Waals surface area (Å²) in [5.74, 6) is 1.11. The van der Waals surface area contributed by atoms with Crippen molar-refractivity contribution in [3.8, 4) is 0 Å². The van der Waals surface area contributed by atoms with Crippen molar-refractivity contribution in [3.63, 3.8) is 0 Å². The fraction of sp³-hybridized carbons (Fsp3) is 0.381. The second-order valence-corrected chi connectivity index (χ2v) is 7.61. The third-order valence-electron chi connectivity index (χ3n) is 5.28.